The molecule has 0 saturated heterocycles. The molecule has 0 aliphatic heterocycles. The third-order valence-electron chi connectivity index (χ3n) is 5.63. The zero-order valence-corrected chi connectivity index (χ0v) is 12.8. The van der Waals surface area contributed by atoms with E-state index in [1.807, 2.05) is 0 Å². The number of likely N-dealkylation sites (N-methyl/N-ethyl adjacent to an activating group) is 1. The Labute approximate surface area is 112 Å². The largest absolute Gasteiger partial charge is 0.345 e. The number of fused-ring (bicyclic) bond motifs is 2. The first-order valence-electron chi connectivity index (χ1n) is 7.18. The van der Waals surface area contributed by atoms with Crippen molar-refractivity contribution in [3.05, 3.63) is 0 Å². The number of carbonyl (C=O) groups excluding carboxylic acids is 1. The highest BCUT2D eigenvalue weighted by Gasteiger charge is 2.60. The average Bonchev–Trinajstić information content (AvgIpc) is 2.66. The van der Waals surface area contributed by atoms with Crippen LogP contribution in [-0.4, -0.2) is 43.6 Å². The van der Waals surface area contributed by atoms with E-state index in [1.165, 1.54) is 19.3 Å². The number of hydrogen-bond acceptors (Lipinski definition) is 1. The summed E-state index contributed by atoms with van der Waals surface area (Å²) in [6.07, 6.45) is 3.93. The van der Waals surface area contributed by atoms with Crippen molar-refractivity contribution in [1.82, 2.24) is 5.32 Å². The van der Waals surface area contributed by atoms with Crippen LogP contribution in [0.15, 0.2) is 0 Å². The lowest BCUT2D eigenvalue weighted by Gasteiger charge is -2.48. The van der Waals surface area contributed by atoms with Gasteiger partial charge in [0.25, 0.3) is 5.91 Å². The Morgan fingerprint density at radius 2 is 1.72 bits per heavy atom. The lowest BCUT2D eigenvalue weighted by molar-refractivity contribution is -0.862. The zero-order valence-electron chi connectivity index (χ0n) is 12.8. The lowest BCUT2D eigenvalue weighted by atomic mass is 9.64. The van der Waals surface area contributed by atoms with Crippen LogP contribution in [0.1, 0.15) is 40.0 Å². The predicted octanol–water partition coefficient (Wildman–Crippen LogP) is 2.02. The van der Waals surface area contributed by atoms with Crippen molar-refractivity contribution in [3.63, 3.8) is 0 Å². The summed E-state index contributed by atoms with van der Waals surface area (Å²) >= 11 is 0. The molecule has 0 radical (unpaired) electrons. The highest BCUT2D eigenvalue weighted by Crippen LogP contribution is 2.61. The maximum absolute atomic E-state index is 12.3. The highest BCUT2D eigenvalue weighted by atomic mass is 16.2. The van der Waals surface area contributed by atoms with Crippen LogP contribution in [0.3, 0.4) is 0 Å². The molecule has 2 fully saturated rings. The molecule has 104 valence electrons. The maximum atomic E-state index is 12.3. The van der Waals surface area contributed by atoms with Crippen molar-refractivity contribution in [2.45, 2.75) is 45.6 Å². The molecule has 0 heterocycles. The Bertz CT molecular complexity index is 356. The second-order valence-electron chi connectivity index (χ2n) is 8.13. The first kappa shape index (κ1) is 13.9. The van der Waals surface area contributed by atoms with Crippen molar-refractivity contribution in [3.8, 4) is 0 Å². The van der Waals surface area contributed by atoms with E-state index in [0.29, 0.717) is 16.9 Å². The average molecular weight is 253 g/mol. The number of quaternary nitrogens is 1. The number of carbonyl (C=O) groups is 1. The fourth-order valence-electron chi connectivity index (χ4n) is 4.13. The standard InChI is InChI=1S/C15H28N2O/c1-14(2)11-7-8-12(9-11)15(14,3)16-13(18)10-17(4,5)6/h11-12H,7-10H2,1-6H3/p+1/t11-,12+,15-/m1/s1. The van der Waals surface area contributed by atoms with E-state index < -0.39 is 0 Å². The molecule has 0 aromatic rings. The van der Waals surface area contributed by atoms with Gasteiger partial charge in [-0.2, -0.15) is 0 Å². The van der Waals surface area contributed by atoms with Crippen LogP contribution in [0.5, 0.6) is 0 Å². The molecule has 3 nitrogen and oxygen atoms in total. The first-order chi connectivity index (χ1) is 8.06. The van der Waals surface area contributed by atoms with Crippen LogP contribution >= 0.6 is 0 Å². The van der Waals surface area contributed by atoms with E-state index in [9.17, 15) is 4.79 Å². The molecule has 1 amide bonds. The Morgan fingerprint density at radius 1 is 1.17 bits per heavy atom. The molecule has 3 heteroatoms. The maximum Gasteiger partial charge on any atom is 0.275 e. The smallest absolute Gasteiger partial charge is 0.275 e. The molecule has 0 spiro atoms. The van der Waals surface area contributed by atoms with E-state index in [0.717, 1.165) is 5.92 Å². The van der Waals surface area contributed by atoms with Gasteiger partial charge in [-0.1, -0.05) is 13.8 Å². The molecule has 2 saturated carbocycles. The fraction of sp³-hybridized carbons (Fsp3) is 0.933. The molecule has 2 rings (SSSR count). The van der Waals surface area contributed by atoms with E-state index in [2.05, 4.69) is 47.2 Å². The van der Waals surface area contributed by atoms with E-state index in [4.69, 9.17) is 0 Å². The number of nitrogens with zero attached hydrogens (tertiary/aromatic N) is 1. The molecular formula is C15H29N2O+. The fourth-order valence-corrected chi connectivity index (χ4v) is 4.13. The van der Waals surface area contributed by atoms with Gasteiger partial charge in [0.2, 0.25) is 0 Å². The minimum Gasteiger partial charge on any atom is -0.345 e. The van der Waals surface area contributed by atoms with Crippen LogP contribution in [0, 0.1) is 17.3 Å². The van der Waals surface area contributed by atoms with Crippen molar-refractivity contribution in [2.24, 2.45) is 17.3 Å². The number of amides is 1. The van der Waals surface area contributed by atoms with Crippen LogP contribution in [0.4, 0.5) is 0 Å². The van der Waals surface area contributed by atoms with Crippen molar-refractivity contribution < 1.29 is 9.28 Å². The Morgan fingerprint density at radius 3 is 2.17 bits per heavy atom. The molecule has 2 aliphatic carbocycles. The van der Waals surface area contributed by atoms with Gasteiger partial charge in [0, 0.05) is 5.54 Å². The summed E-state index contributed by atoms with van der Waals surface area (Å²) in [5, 5.41) is 3.38. The summed E-state index contributed by atoms with van der Waals surface area (Å²) < 4.78 is 0.691. The molecule has 2 aliphatic rings. The highest BCUT2D eigenvalue weighted by molar-refractivity contribution is 5.78. The Kier molecular flexibility index (Phi) is 3.05. The first-order valence-corrected chi connectivity index (χ1v) is 7.18. The summed E-state index contributed by atoms with van der Waals surface area (Å²) in [7, 11) is 6.19. The van der Waals surface area contributed by atoms with Crippen molar-refractivity contribution in [1.29, 1.82) is 0 Å². The van der Waals surface area contributed by atoms with Gasteiger partial charge in [-0.15, -0.1) is 0 Å². The molecule has 0 aromatic heterocycles. The molecule has 1 N–H and O–H groups in total. The SMILES string of the molecule is CC1(C)[C@@H]2CC[C@@H](C2)[C@@]1(C)NC(=O)C[N+](C)(C)C. The molecule has 3 atom stereocenters. The van der Waals surface area contributed by atoms with E-state index >= 15 is 0 Å². The van der Waals surface area contributed by atoms with Gasteiger partial charge in [-0.3, -0.25) is 4.79 Å². The minimum atomic E-state index is -0.0117. The molecular weight excluding hydrogens is 224 g/mol. The van der Waals surface area contributed by atoms with Crippen molar-refractivity contribution >= 4 is 5.91 Å². The van der Waals surface area contributed by atoms with Crippen LogP contribution in [0.2, 0.25) is 0 Å². The third-order valence-corrected chi connectivity index (χ3v) is 5.63. The van der Waals surface area contributed by atoms with Gasteiger partial charge in [-0.05, 0) is 43.4 Å². The lowest BCUT2D eigenvalue weighted by Crippen LogP contribution is -2.61. The normalized spacial score (nSPS) is 37.9. The molecule has 18 heavy (non-hydrogen) atoms. The summed E-state index contributed by atoms with van der Waals surface area (Å²) in [5.41, 5.74) is 0.221. The van der Waals surface area contributed by atoms with Gasteiger partial charge in [0.05, 0.1) is 21.1 Å². The summed E-state index contributed by atoms with van der Waals surface area (Å²) in [6.45, 7) is 7.50. The second-order valence-corrected chi connectivity index (χ2v) is 8.13. The zero-order chi connectivity index (χ0) is 13.8. The quantitative estimate of drug-likeness (QED) is 0.766. The van der Waals surface area contributed by atoms with Gasteiger partial charge in [0.1, 0.15) is 0 Å². The number of hydrogen-bond donors (Lipinski definition) is 1. The molecule has 0 unspecified atom stereocenters. The Balaban J connectivity index is 2.10. The minimum absolute atomic E-state index is 0.0117. The summed E-state index contributed by atoms with van der Waals surface area (Å²) in [5.74, 6) is 1.66. The molecule has 0 aromatic carbocycles. The van der Waals surface area contributed by atoms with Gasteiger partial charge in [0.15, 0.2) is 6.54 Å². The van der Waals surface area contributed by atoms with E-state index in [1.54, 1.807) is 0 Å². The summed E-state index contributed by atoms with van der Waals surface area (Å²) in [4.78, 5) is 12.3. The summed E-state index contributed by atoms with van der Waals surface area (Å²) in [6, 6.07) is 0. The number of rotatable bonds is 3. The Hall–Kier alpha value is -0.570. The van der Waals surface area contributed by atoms with Crippen molar-refractivity contribution in [2.75, 3.05) is 27.7 Å². The van der Waals surface area contributed by atoms with Crippen LogP contribution in [0.25, 0.3) is 0 Å². The van der Waals surface area contributed by atoms with E-state index in [-0.39, 0.29) is 16.9 Å². The third kappa shape index (κ3) is 2.07. The predicted molar refractivity (Wildman–Crippen MR) is 74.1 cm³/mol. The van der Waals surface area contributed by atoms with Crippen LogP contribution in [-0.2, 0) is 4.79 Å². The second kappa shape index (κ2) is 3.96. The topological polar surface area (TPSA) is 29.1 Å². The van der Waals surface area contributed by atoms with Crippen LogP contribution < -0.4 is 5.32 Å². The monoisotopic (exact) mass is 253 g/mol. The van der Waals surface area contributed by atoms with Gasteiger partial charge >= 0.3 is 0 Å². The van der Waals surface area contributed by atoms with Gasteiger partial charge in [-0.25, -0.2) is 0 Å². The molecule has 2 bridgehead atoms. The number of nitrogens with one attached hydrogen (secondary N) is 1. The van der Waals surface area contributed by atoms with Gasteiger partial charge < -0.3 is 9.80 Å².